The molecule has 1 aliphatic rings. The van der Waals surface area contributed by atoms with Gasteiger partial charge >= 0.3 is 0 Å². The van der Waals surface area contributed by atoms with E-state index in [4.69, 9.17) is 0 Å². The molecule has 3 N–H and O–H groups in total. The topological polar surface area (TPSA) is 39.8 Å². The third-order valence-electron chi connectivity index (χ3n) is 3.08. The molecule has 1 aromatic heterocycles. The molecule has 3 nitrogen and oxygen atoms in total. The van der Waals surface area contributed by atoms with E-state index in [1.54, 1.807) is 0 Å². The molecule has 3 heteroatoms. The van der Waals surface area contributed by atoms with E-state index in [2.05, 4.69) is 27.9 Å². The molecule has 1 aliphatic heterocycles. The Hall–Kier alpha value is -0.800. The molecule has 84 valence electrons. The SMILES string of the molecule is c1cc(CCNCC2CCCNC2)c[nH]1. The largest absolute Gasteiger partial charge is 0.367 e. The van der Waals surface area contributed by atoms with Gasteiger partial charge in [-0.25, -0.2) is 0 Å². The van der Waals surface area contributed by atoms with Crippen molar-refractivity contribution in [2.24, 2.45) is 5.92 Å². The standard InChI is InChI=1S/C12H21N3/c1-2-12(9-13-5-1)10-15-7-4-11-3-6-14-8-11/h3,6,8,12-15H,1-2,4-5,7,9-10H2. The van der Waals surface area contributed by atoms with E-state index in [-0.39, 0.29) is 0 Å². The molecule has 0 bridgehead atoms. The van der Waals surface area contributed by atoms with E-state index in [0.29, 0.717) is 0 Å². The lowest BCUT2D eigenvalue weighted by molar-refractivity contribution is 0.361. The molecule has 0 spiro atoms. The number of hydrogen-bond donors (Lipinski definition) is 3. The van der Waals surface area contributed by atoms with Gasteiger partial charge in [-0.1, -0.05) is 0 Å². The monoisotopic (exact) mass is 207 g/mol. The van der Waals surface area contributed by atoms with Crippen molar-refractivity contribution in [3.05, 3.63) is 24.0 Å². The quantitative estimate of drug-likeness (QED) is 0.634. The first-order valence-electron chi connectivity index (χ1n) is 5.98. The van der Waals surface area contributed by atoms with Crippen LogP contribution in [-0.4, -0.2) is 31.2 Å². The predicted octanol–water partition coefficient (Wildman–Crippen LogP) is 1.15. The maximum atomic E-state index is 3.54. The number of rotatable bonds is 5. The van der Waals surface area contributed by atoms with Crippen LogP contribution in [0.1, 0.15) is 18.4 Å². The second-order valence-corrected chi connectivity index (χ2v) is 4.39. The van der Waals surface area contributed by atoms with Gasteiger partial charge in [-0.05, 0) is 63.0 Å². The van der Waals surface area contributed by atoms with E-state index >= 15 is 0 Å². The highest BCUT2D eigenvalue weighted by atomic mass is 14.9. The fourth-order valence-electron chi connectivity index (χ4n) is 2.15. The molecule has 1 saturated heterocycles. The number of piperidine rings is 1. The smallest absolute Gasteiger partial charge is 0.00378 e. The Kier molecular flexibility index (Phi) is 4.23. The summed E-state index contributed by atoms with van der Waals surface area (Å²) < 4.78 is 0. The molecule has 0 saturated carbocycles. The molecule has 1 aromatic rings. The molecule has 15 heavy (non-hydrogen) atoms. The number of aromatic amines is 1. The lowest BCUT2D eigenvalue weighted by atomic mass is 10.00. The highest BCUT2D eigenvalue weighted by Crippen LogP contribution is 2.08. The zero-order valence-electron chi connectivity index (χ0n) is 9.26. The minimum atomic E-state index is 0.838. The molecule has 0 aliphatic carbocycles. The van der Waals surface area contributed by atoms with Gasteiger partial charge in [0.2, 0.25) is 0 Å². The van der Waals surface area contributed by atoms with E-state index in [0.717, 1.165) is 25.4 Å². The first-order valence-corrected chi connectivity index (χ1v) is 5.98. The summed E-state index contributed by atoms with van der Waals surface area (Å²) >= 11 is 0. The Morgan fingerprint density at radius 1 is 1.47 bits per heavy atom. The molecule has 2 rings (SSSR count). The van der Waals surface area contributed by atoms with E-state index in [9.17, 15) is 0 Å². The summed E-state index contributed by atoms with van der Waals surface area (Å²) in [5, 5.41) is 6.98. The second kappa shape index (κ2) is 5.93. The van der Waals surface area contributed by atoms with Crippen LogP contribution in [0.4, 0.5) is 0 Å². The highest BCUT2D eigenvalue weighted by Gasteiger charge is 2.11. The van der Waals surface area contributed by atoms with E-state index < -0.39 is 0 Å². The van der Waals surface area contributed by atoms with Crippen molar-refractivity contribution >= 4 is 0 Å². The number of nitrogens with one attached hydrogen (secondary N) is 3. The van der Waals surface area contributed by atoms with Crippen LogP contribution in [0.25, 0.3) is 0 Å². The van der Waals surface area contributed by atoms with Crippen LogP contribution in [0.3, 0.4) is 0 Å². The number of aromatic nitrogens is 1. The lowest BCUT2D eigenvalue weighted by Crippen LogP contribution is -2.36. The van der Waals surface area contributed by atoms with Crippen LogP contribution in [0.15, 0.2) is 18.5 Å². The highest BCUT2D eigenvalue weighted by molar-refractivity contribution is 5.08. The summed E-state index contributed by atoms with van der Waals surface area (Å²) in [5.41, 5.74) is 1.39. The van der Waals surface area contributed by atoms with Crippen LogP contribution >= 0.6 is 0 Å². The maximum absolute atomic E-state index is 3.54. The minimum Gasteiger partial charge on any atom is -0.367 e. The van der Waals surface area contributed by atoms with Gasteiger partial charge in [-0.2, -0.15) is 0 Å². The Morgan fingerprint density at radius 3 is 3.20 bits per heavy atom. The molecule has 1 atom stereocenters. The Labute approximate surface area is 91.7 Å². The zero-order valence-corrected chi connectivity index (χ0v) is 9.26. The van der Waals surface area contributed by atoms with Gasteiger partial charge in [-0.3, -0.25) is 0 Å². The maximum Gasteiger partial charge on any atom is 0.00378 e. The second-order valence-electron chi connectivity index (χ2n) is 4.39. The van der Waals surface area contributed by atoms with Crippen molar-refractivity contribution < 1.29 is 0 Å². The Bertz CT molecular complexity index is 250. The van der Waals surface area contributed by atoms with Crippen molar-refractivity contribution in [2.75, 3.05) is 26.2 Å². The first kappa shape index (κ1) is 10.7. The molecule has 1 unspecified atom stereocenters. The summed E-state index contributed by atoms with van der Waals surface area (Å²) in [6, 6.07) is 2.14. The summed E-state index contributed by atoms with van der Waals surface area (Å²) in [7, 11) is 0. The van der Waals surface area contributed by atoms with Crippen molar-refractivity contribution in [3.8, 4) is 0 Å². The molecule has 0 aromatic carbocycles. The zero-order chi connectivity index (χ0) is 10.3. The minimum absolute atomic E-state index is 0.838. The third kappa shape index (κ3) is 3.68. The molecular formula is C12H21N3. The van der Waals surface area contributed by atoms with Crippen LogP contribution in [0, 0.1) is 5.92 Å². The fraction of sp³-hybridized carbons (Fsp3) is 0.667. The summed E-state index contributed by atoms with van der Waals surface area (Å²) in [6.45, 7) is 4.66. The summed E-state index contributed by atoms with van der Waals surface area (Å²) in [5.74, 6) is 0.838. The van der Waals surface area contributed by atoms with E-state index in [1.807, 2.05) is 6.20 Å². The molecule has 1 fully saturated rings. The van der Waals surface area contributed by atoms with Gasteiger partial charge in [-0.15, -0.1) is 0 Å². The average Bonchev–Trinajstić information content (AvgIpc) is 2.79. The fourth-order valence-corrected chi connectivity index (χ4v) is 2.15. The molecule has 0 amide bonds. The van der Waals surface area contributed by atoms with Crippen molar-refractivity contribution in [1.29, 1.82) is 0 Å². The predicted molar refractivity (Wildman–Crippen MR) is 63.0 cm³/mol. The molecule has 2 heterocycles. The van der Waals surface area contributed by atoms with Crippen LogP contribution in [0.5, 0.6) is 0 Å². The van der Waals surface area contributed by atoms with E-state index in [1.165, 1.54) is 31.5 Å². The van der Waals surface area contributed by atoms with Gasteiger partial charge in [0.1, 0.15) is 0 Å². The normalized spacial score (nSPS) is 21.7. The Balaban J connectivity index is 1.54. The van der Waals surface area contributed by atoms with Crippen molar-refractivity contribution in [2.45, 2.75) is 19.3 Å². The third-order valence-corrected chi connectivity index (χ3v) is 3.08. The Morgan fingerprint density at radius 2 is 2.47 bits per heavy atom. The van der Waals surface area contributed by atoms with Gasteiger partial charge in [0.05, 0.1) is 0 Å². The summed E-state index contributed by atoms with van der Waals surface area (Å²) in [6.07, 6.45) is 7.90. The number of hydrogen-bond acceptors (Lipinski definition) is 2. The molecule has 0 radical (unpaired) electrons. The molecular weight excluding hydrogens is 186 g/mol. The first-order chi connectivity index (χ1) is 7.45. The van der Waals surface area contributed by atoms with Crippen molar-refractivity contribution in [3.63, 3.8) is 0 Å². The van der Waals surface area contributed by atoms with Gasteiger partial charge in [0, 0.05) is 12.4 Å². The average molecular weight is 207 g/mol. The summed E-state index contributed by atoms with van der Waals surface area (Å²) in [4.78, 5) is 3.08. The van der Waals surface area contributed by atoms with Gasteiger partial charge in [0.25, 0.3) is 0 Å². The van der Waals surface area contributed by atoms with Crippen molar-refractivity contribution in [1.82, 2.24) is 15.6 Å². The van der Waals surface area contributed by atoms with Crippen LogP contribution < -0.4 is 10.6 Å². The van der Waals surface area contributed by atoms with Crippen LogP contribution in [-0.2, 0) is 6.42 Å². The van der Waals surface area contributed by atoms with Gasteiger partial charge < -0.3 is 15.6 Å². The van der Waals surface area contributed by atoms with Crippen LogP contribution in [0.2, 0.25) is 0 Å². The van der Waals surface area contributed by atoms with Gasteiger partial charge in [0.15, 0.2) is 0 Å². The lowest BCUT2D eigenvalue weighted by Gasteiger charge is -2.22. The number of H-pyrrole nitrogens is 1.